The molecular weight excluding hydrogens is 261 g/mol. The fraction of sp³-hybridized carbons (Fsp3) is 0.267. The molecule has 0 spiro atoms. The minimum atomic E-state index is -0.670. The van der Waals surface area contributed by atoms with E-state index in [1.54, 1.807) is 6.07 Å². The standard InChI is InChI=1S/C15H16FNO3/c1-3-10-4-5-12(13(8-10)19-2)20-15-14(16)11(9-18)6-7-17-15/h4-8,18H,3,9H2,1-2H3. The molecule has 20 heavy (non-hydrogen) atoms. The predicted octanol–water partition coefficient (Wildman–Crippen LogP) is 3.08. The van der Waals surface area contributed by atoms with E-state index in [1.807, 2.05) is 19.1 Å². The molecule has 2 rings (SSSR count). The van der Waals surface area contributed by atoms with E-state index in [2.05, 4.69) is 4.98 Å². The monoisotopic (exact) mass is 277 g/mol. The number of halogens is 1. The van der Waals surface area contributed by atoms with E-state index < -0.39 is 12.4 Å². The Bertz CT molecular complexity index is 602. The molecule has 1 aromatic carbocycles. The van der Waals surface area contributed by atoms with Gasteiger partial charge in [0.05, 0.1) is 13.7 Å². The molecule has 0 atom stereocenters. The molecule has 0 saturated heterocycles. The molecule has 1 aromatic heterocycles. The lowest BCUT2D eigenvalue weighted by Gasteiger charge is -2.12. The Balaban J connectivity index is 2.35. The number of ether oxygens (including phenoxy) is 2. The van der Waals surface area contributed by atoms with Gasteiger partial charge in [-0.25, -0.2) is 9.37 Å². The zero-order valence-corrected chi connectivity index (χ0v) is 11.4. The maximum Gasteiger partial charge on any atom is 0.256 e. The number of aliphatic hydroxyl groups is 1. The lowest BCUT2D eigenvalue weighted by molar-refractivity contribution is 0.272. The summed E-state index contributed by atoms with van der Waals surface area (Å²) in [7, 11) is 1.52. The van der Waals surface area contributed by atoms with Gasteiger partial charge in [0.15, 0.2) is 17.3 Å². The number of pyridine rings is 1. The number of aromatic nitrogens is 1. The maximum absolute atomic E-state index is 14.0. The molecule has 106 valence electrons. The van der Waals surface area contributed by atoms with E-state index in [0.717, 1.165) is 12.0 Å². The highest BCUT2D eigenvalue weighted by atomic mass is 19.1. The van der Waals surface area contributed by atoms with Crippen molar-refractivity contribution in [1.29, 1.82) is 0 Å². The molecule has 0 fully saturated rings. The average molecular weight is 277 g/mol. The normalized spacial score (nSPS) is 10.4. The summed E-state index contributed by atoms with van der Waals surface area (Å²) in [6, 6.07) is 6.83. The SMILES string of the molecule is CCc1ccc(Oc2nccc(CO)c2F)c(OC)c1. The van der Waals surface area contributed by atoms with Crippen molar-refractivity contribution in [2.75, 3.05) is 7.11 Å². The molecule has 1 N–H and O–H groups in total. The van der Waals surface area contributed by atoms with Crippen LogP contribution in [0.5, 0.6) is 17.4 Å². The Hall–Kier alpha value is -2.14. The first kappa shape index (κ1) is 14.3. The summed E-state index contributed by atoms with van der Waals surface area (Å²) < 4.78 is 24.6. The smallest absolute Gasteiger partial charge is 0.256 e. The zero-order chi connectivity index (χ0) is 14.5. The van der Waals surface area contributed by atoms with Crippen LogP contribution in [0.15, 0.2) is 30.5 Å². The summed E-state index contributed by atoms with van der Waals surface area (Å²) in [4.78, 5) is 3.84. The van der Waals surface area contributed by atoms with Gasteiger partial charge in [0.25, 0.3) is 5.88 Å². The third-order valence-corrected chi connectivity index (χ3v) is 2.95. The Kier molecular flexibility index (Phi) is 4.53. The molecule has 4 nitrogen and oxygen atoms in total. The van der Waals surface area contributed by atoms with Crippen molar-refractivity contribution in [2.24, 2.45) is 0 Å². The van der Waals surface area contributed by atoms with Crippen molar-refractivity contribution < 1.29 is 19.0 Å². The minimum absolute atomic E-state index is 0.138. The third-order valence-electron chi connectivity index (χ3n) is 2.95. The second kappa shape index (κ2) is 6.34. The fourth-order valence-corrected chi connectivity index (χ4v) is 1.78. The second-order valence-corrected chi connectivity index (χ2v) is 4.19. The molecule has 2 aromatic rings. The van der Waals surface area contributed by atoms with E-state index in [4.69, 9.17) is 14.6 Å². The van der Waals surface area contributed by atoms with Gasteiger partial charge in [-0.05, 0) is 30.2 Å². The Morgan fingerprint density at radius 2 is 2.05 bits per heavy atom. The highest BCUT2D eigenvalue weighted by Crippen LogP contribution is 2.33. The van der Waals surface area contributed by atoms with Crippen LogP contribution in [0.3, 0.4) is 0 Å². The zero-order valence-electron chi connectivity index (χ0n) is 11.4. The summed E-state index contributed by atoms with van der Waals surface area (Å²) in [5.74, 6) is 0.0434. The first-order valence-electron chi connectivity index (χ1n) is 6.28. The van der Waals surface area contributed by atoms with Crippen LogP contribution in [0, 0.1) is 5.82 Å². The van der Waals surface area contributed by atoms with Gasteiger partial charge in [0.2, 0.25) is 0 Å². The lowest BCUT2D eigenvalue weighted by atomic mass is 10.1. The molecule has 0 aliphatic carbocycles. The molecule has 0 bridgehead atoms. The number of rotatable bonds is 5. The van der Waals surface area contributed by atoms with Crippen molar-refractivity contribution in [3.05, 3.63) is 47.4 Å². The van der Waals surface area contributed by atoms with Crippen LogP contribution in [-0.4, -0.2) is 17.2 Å². The van der Waals surface area contributed by atoms with Gasteiger partial charge in [-0.1, -0.05) is 13.0 Å². The first-order valence-corrected chi connectivity index (χ1v) is 6.28. The topological polar surface area (TPSA) is 51.6 Å². The molecular formula is C15H16FNO3. The summed E-state index contributed by atoms with van der Waals surface area (Å²) in [6.07, 6.45) is 2.25. The second-order valence-electron chi connectivity index (χ2n) is 4.19. The van der Waals surface area contributed by atoms with E-state index in [9.17, 15) is 4.39 Å². The van der Waals surface area contributed by atoms with Crippen molar-refractivity contribution in [1.82, 2.24) is 4.98 Å². The van der Waals surface area contributed by atoms with Crippen molar-refractivity contribution in [3.8, 4) is 17.4 Å². The maximum atomic E-state index is 14.0. The Labute approximate surface area is 116 Å². The van der Waals surface area contributed by atoms with Gasteiger partial charge in [0, 0.05) is 11.8 Å². The lowest BCUT2D eigenvalue weighted by Crippen LogP contribution is -1.99. The molecule has 0 amide bonds. The van der Waals surface area contributed by atoms with E-state index in [1.165, 1.54) is 19.4 Å². The van der Waals surface area contributed by atoms with Crippen LogP contribution in [0.1, 0.15) is 18.1 Å². The van der Waals surface area contributed by atoms with E-state index >= 15 is 0 Å². The fourth-order valence-electron chi connectivity index (χ4n) is 1.78. The summed E-state index contributed by atoms with van der Waals surface area (Å²) in [6.45, 7) is 1.62. The average Bonchev–Trinajstić information content (AvgIpc) is 2.49. The molecule has 0 saturated carbocycles. The summed E-state index contributed by atoms with van der Waals surface area (Å²) >= 11 is 0. The van der Waals surface area contributed by atoms with Crippen LogP contribution < -0.4 is 9.47 Å². The van der Waals surface area contributed by atoms with Crippen LogP contribution in [0.25, 0.3) is 0 Å². The van der Waals surface area contributed by atoms with Crippen LogP contribution in [-0.2, 0) is 13.0 Å². The predicted molar refractivity (Wildman–Crippen MR) is 72.6 cm³/mol. The largest absolute Gasteiger partial charge is 0.493 e. The third kappa shape index (κ3) is 2.88. The van der Waals surface area contributed by atoms with Crippen LogP contribution >= 0.6 is 0 Å². The van der Waals surface area contributed by atoms with Crippen LogP contribution in [0.2, 0.25) is 0 Å². The summed E-state index contributed by atoms with van der Waals surface area (Å²) in [5.41, 5.74) is 1.23. The Morgan fingerprint density at radius 1 is 1.25 bits per heavy atom. The van der Waals surface area contributed by atoms with Crippen molar-refractivity contribution in [3.63, 3.8) is 0 Å². The van der Waals surface area contributed by atoms with Crippen LogP contribution in [0.4, 0.5) is 4.39 Å². The van der Waals surface area contributed by atoms with Crippen molar-refractivity contribution >= 4 is 0 Å². The number of aryl methyl sites for hydroxylation is 1. The number of benzene rings is 1. The quantitative estimate of drug-likeness (QED) is 0.912. The van der Waals surface area contributed by atoms with Gasteiger partial charge in [-0.3, -0.25) is 0 Å². The van der Waals surface area contributed by atoms with E-state index in [-0.39, 0.29) is 11.4 Å². The molecule has 0 radical (unpaired) electrons. The molecule has 1 heterocycles. The first-order chi connectivity index (χ1) is 9.69. The molecule has 0 aliphatic rings. The minimum Gasteiger partial charge on any atom is -0.493 e. The number of hydrogen-bond acceptors (Lipinski definition) is 4. The van der Waals surface area contributed by atoms with Gasteiger partial charge in [-0.15, -0.1) is 0 Å². The molecule has 5 heteroatoms. The number of hydrogen-bond donors (Lipinski definition) is 1. The van der Waals surface area contributed by atoms with Gasteiger partial charge >= 0.3 is 0 Å². The highest BCUT2D eigenvalue weighted by Gasteiger charge is 2.13. The van der Waals surface area contributed by atoms with Gasteiger partial charge < -0.3 is 14.6 Å². The highest BCUT2D eigenvalue weighted by molar-refractivity contribution is 5.45. The summed E-state index contributed by atoms with van der Waals surface area (Å²) in [5, 5.41) is 9.03. The Morgan fingerprint density at radius 3 is 2.70 bits per heavy atom. The number of nitrogens with zero attached hydrogens (tertiary/aromatic N) is 1. The number of methoxy groups -OCH3 is 1. The molecule has 0 aliphatic heterocycles. The molecule has 0 unspecified atom stereocenters. The number of aliphatic hydroxyl groups excluding tert-OH is 1. The van der Waals surface area contributed by atoms with Crippen molar-refractivity contribution in [2.45, 2.75) is 20.0 Å². The van der Waals surface area contributed by atoms with E-state index in [0.29, 0.717) is 11.5 Å². The van der Waals surface area contributed by atoms with Gasteiger partial charge in [0.1, 0.15) is 0 Å². The van der Waals surface area contributed by atoms with Gasteiger partial charge in [-0.2, -0.15) is 0 Å².